The van der Waals surface area contributed by atoms with Gasteiger partial charge in [0.1, 0.15) is 11.6 Å². The molecule has 96 valence electrons. The molecule has 0 aliphatic carbocycles. The molecule has 6 heteroatoms. The minimum atomic E-state index is 0.635. The van der Waals surface area contributed by atoms with E-state index in [-0.39, 0.29) is 0 Å². The minimum absolute atomic E-state index is 0.635. The number of aromatic nitrogens is 3. The Balaban J connectivity index is 2.18. The van der Waals surface area contributed by atoms with Gasteiger partial charge in [-0.25, -0.2) is 9.97 Å². The van der Waals surface area contributed by atoms with Gasteiger partial charge in [-0.3, -0.25) is 0 Å². The van der Waals surface area contributed by atoms with Gasteiger partial charge in [0.2, 0.25) is 0 Å². The lowest BCUT2D eigenvalue weighted by Gasteiger charge is -2.01. The van der Waals surface area contributed by atoms with E-state index in [9.17, 15) is 0 Å². The van der Waals surface area contributed by atoms with E-state index >= 15 is 0 Å². The fraction of sp³-hybridized carbons (Fsp3) is 0.0769. The first kappa shape index (κ1) is 12.4. The number of hydrogen-bond donors (Lipinski definition) is 2. The van der Waals surface area contributed by atoms with Crippen LogP contribution in [-0.4, -0.2) is 22.0 Å². The molecule has 0 amide bonds. The average Bonchev–Trinajstić information content (AvgIpc) is 2.84. The Morgan fingerprint density at radius 3 is 2.84 bits per heavy atom. The summed E-state index contributed by atoms with van der Waals surface area (Å²) in [5.41, 5.74) is 2.39. The molecule has 2 heterocycles. The third kappa shape index (κ3) is 2.19. The second-order valence-corrected chi connectivity index (χ2v) is 5.24. The van der Waals surface area contributed by atoms with Crippen molar-refractivity contribution in [2.45, 2.75) is 0 Å². The summed E-state index contributed by atoms with van der Waals surface area (Å²) in [7, 11) is 1.83. The molecular weight excluding hydrogens is 328 g/mol. The number of nitrogens with zero attached hydrogens (tertiary/aromatic N) is 2. The molecule has 0 unspecified atom stereocenters. The fourth-order valence-corrected chi connectivity index (χ4v) is 2.43. The summed E-state index contributed by atoms with van der Waals surface area (Å²) < 4.78 is 0.844. The van der Waals surface area contributed by atoms with Crippen molar-refractivity contribution >= 4 is 44.5 Å². The molecule has 0 atom stereocenters. The van der Waals surface area contributed by atoms with Gasteiger partial charge in [-0.2, -0.15) is 0 Å². The Morgan fingerprint density at radius 1 is 1.21 bits per heavy atom. The number of nitrogens with one attached hydrogen (secondary N) is 2. The molecule has 0 saturated carbocycles. The molecule has 0 bridgehead atoms. The van der Waals surface area contributed by atoms with Crippen molar-refractivity contribution in [3.05, 3.63) is 39.8 Å². The lowest BCUT2D eigenvalue weighted by Crippen LogP contribution is -1.91. The normalized spacial score (nSPS) is 10.9. The fourth-order valence-electron chi connectivity index (χ4n) is 1.85. The van der Waals surface area contributed by atoms with Crippen LogP contribution in [0, 0.1) is 0 Å². The second-order valence-electron chi connectivity index (χ2n) is 4.00. The van der Waals surface area contributed by atoms with Crippen molar-refractivity contribution in [2.75, 3.05) is 12.4 Å². The molecular formula is C13H10BrClN4. The van der Waals surface area contributed by atoms with Gasteiger partial charge in [0.15, 0.2) is 5.65 Å². The number of halogens is 2. The molecule has 2 aromatic heterocycles. The third-order valence-corrected chi connectivity index (χ3v) is 4.11. The van der Waals surface area contributed by atoms with E-state index in [0.29, 0.717) is 16.5 Å². The van der Waals surface area contributed by atoms with Crippen LogP contribution in [0.4, 0.5) is 5.82 Å². The van der Waals surface area contributed by atoms with Crippen LogP contribution in [0.3, 0.4) is 0 Å². The minimum Gasteiger partial charge on any atom is -0.373 e. The van der Waals surface area contributed by atoms with Crippen molar-refractivity contribution in [3.8, 4) is 11.4 Å². The molecule has 0 saturated heterocycles. The average molecular weight is 338 g/mol. The van der Waals surface area contributed by atoms with Crippen LogP contribution in [0.2, 0.25) is 5.02 Å². The number of anilines is 1. The SMILES string of the molecule is CNc1ccc2[nH]c(-c3cccc(Br)c3Cl)nc2n1. The lowest BCUT2D eigenvalue weighted by atomic mass is 10.2. The molecule has 19 heavy (non-hydrogen) atoms. The highest BCUT2D eigenvalue weighted by atomic mass is 79.9. The van der Waals surface area contributed by atoms with Gasteiger partial charge in [0, 0.05) is 17.1 Å². The molecule has 2 N–H and O–H groups in total. The summed E-state index contributed by atoms with van der Waals surface area (Å²) in [5, 5.41) is 3.62. The second kappa shape index (κ2) is 4.83. The number of pyridine rings is 1. The lowest BCUT2D eigenvalue weighted by molar-refractivity contribution is 1.28. The van der Waals surface area contributed by atoms with E-state index in [1.165, 1.54) is 0 Å². The van der Waals surface area contributed by atoms with Gasteiger partial charge < -0.3 is 10.3 Å². The largest absolute Gasteiger partial charge is 0.373 e. The van der Waals surface area contributed by atoms with E-state index in [1.54, 1.807) is 0 Å². The summed E-state index contributed by atoms with van der Waals surface area (Å²) in [5.74, 6) is 1.49. The highest BCUT2D eigenvalue weighted by Gasteiger charge is 2.11. The predicted molar refractivity (Wildman–Crippen MR) is 81.6 cm³/mol. The highest BCUT2D eigenvalue weighted by molar-refractivity contribution is 9.10. The molecule has 3 rings (SSSR count). The zero-order valence-electron chi connectivity index (χ0n) is 10.0. The number of rotatable bonds is 2. The third-order valence-electron chi connectivity index (χ3n) is 2.81. The zero-order chi connectivity index (χ0) is 13.4. The van der Waals surface area contributed by atoms with Crippen molar-refractivity contribution in [1.82, 2.24) is 15.0 Å². The van der Waals surface area contributed by atoms with Crippen LogP contribution in [0.5, 0.6) is 0 Å². The molecule has 0 spiro atoms. The van der Waals surface area contributed by atoms with Crippen molar-refractivity contribution < 1.29 is 0 Å². The van der Waals surface area contributed by atoms with Crippen molar-refractivity contribution in [1.29, 1.82) is 0 Å². The molecule has 0 radical (unpaired) electrons. The molecule has 0 fully saturated rings. The maximum absolute atomic E-state index is 6.27. The Hall–Kier alpha value is -1.59. The molecule has 0 aliphatic heterocycles. The summed E-state index contributed by atoms with van der Waals surface area (Å²) in [4.78, 5) is 12.1. The Kier molecular flexibility index (Phi) is 3.16. The quantitative estimate of drug-likeness (QED) is 0.741. The summed E-state index contributed by atoms with van der Waals surface area (Å²) in [6, 6.07) is 9.57. The number of H-pyrrole nitrogens is 1. The Morgan fingerprint density at radius 2 is 2.05 bits per heavy atom. The Bertz CT molecular complexity index is 753. The number of imidazole rings is 1. The summed E-state index contributed by atoms with van der Waals surface area (Å²) >= 11 is 9.68. The Labute approximate surface area is 123 Å². The van der Waals surface area contributed by atoms with E-state index in [4.69, 9.17) is 11.6 Å². The van der Waals surface area contributed by atoms with E-state index in [0.717, 1.165) is 21.4 Å². The first-order valence-electron chi connectivity index (χ1n) is 5.68. The van der Waals surface area contributed by atoms with Crippen LogP contribution in [0.15, 0.2) is 34.8 Å². The number of fused-ring (bicyclic) bond motifs is 1. The van der Waals surface area contributed by atoms with Gasteiger partial charge in [0.25, 0.3) is 0 Å². The zero-order valence-corrected chi connectivity index (χ0v) is 12.4. The van der Waals surface area contributed by atoms with Crippen LogP contribution in [-0.2, 0) is 0 Å². The monoisotopic (exact) mass is 336 g/mol. The van der Waals surface area contributed by atoms with Crippen LogP contribution in [0.1, 0.15) is 0 Å². The van der Waals surface area contributed by atoms with Crippen LogP contribution >= 0.6 is 27.5 Å². The number of hydrogen-bond acceptors (Lipinski definition) is 3. The van der Waals surface area contributed by atoms with Gasteiger partial charge in [-0.05, 0) is 40.2 Å². The summed E-state index contributed by atoms with van der Waals surface area (Å²) in [6.07, 6.45) is 0. The van der Waals surface area contributed by atoms with Gasteiger partial charge in [-0.15, -0.1) is 0 Å². The van der Waals surface area contributed by atoms with Gasteiger partial charge in [-0.1, -0.05) is 17.7 Å². The summed E-state index contributed by atoms with van der Waals surface area (Å²) in [6.45, 7) is 0. The molecule has 0 aliphatic rings. The van der Waals surface area contributed by atoms with E-state index < -0.39 is 0 Å². The first-order chi connectivity index (χ1) is 9.19. The smallest absolute Gasteiger partial charge is 0.180 e. The molecule has 3 aromatic rings. The predicted octanol–water partition coefficient (Wildman–Crippen LogP) is 4.08. The topological polar surface area (TPSA) is 53.6 Å². The standard InChI is InChI=1S/C13H10BrClN4/c1-16-10-6-5-9-13(18-10)19-12(17-9)7-3-2-4-8(14)11(7)15/h2-6H,1H3,(H2,16,17,18,19). The van der Waals surface area contributed by atoms with Crippen molar-refractivity contribution in [3.63, 3.8) is 0 Å². The maximum atomic E-state index is 6.27. The maximum Gasteiger partial charge on any atom is 0.180 e. The van der Waals surface area contributed by atoms with Crippen LogP contribution in [0.25, 0.3) is 22.6 Å². The number of aromatic amines is 1. The first-order valence-corrected chi connectivity index (χ1v) is 6.85. The van der Waals surface area contributed by atoms with Gasteiger partial charge in [0.05, 0.1) is 10.5 Å². The number of benzene rings is 1. The van der Waals surface area contributed by atoms with E-state index in [1.807, 2.05) is 37.4 Å². The van der Waals surface area contributed by atoms with Gasteiger partial charge >= 0.3 is 0 Å². The molecule has 1 aromatic carbocycles. The van der Waals surface area contributed by atoms with Crippen molar-refractivity contribution in [2.24, 2.45) is 0 Å². The highest BCUT2D eigenvalue weighted by Crippen LogP contribution is 2.32. The van der Waals surface area contributed by atoms with Crippen LogP contribution < -0.4 is 5.32 Å². The molecule has 4 nitrogen and oxygen atoms in total. The van der Waals surface area contributed by atoms with E-state index in [2.05, 4.69) is 36.2 Å².